The Labute approximate surface area is 225 Å². The van der Waals surface area contributed by atoms with Crippen LogP contribution in [0.2, 0.25) is 0 Å². The van der Waals surface area contributed by atoms with E-state index in [-0.39, 0.29) is 12.5 Å². The Hall–Kier alpha value is -3.97. The second kappa shape index (κ2) is 18.3. The molecule has 0 bridgehead atoms. The first-order valence-electron chi connectivity index (χ1n) is 12.8. The van der Waals surface area contributed by atoms with E-state index in [4.69, 9.17) is 9.47 Å². The van der Waals surface area contributed by atoms with Crippen molar-refractivity contribution in [3.63, 3.8) is 0 Å². The number of ether oxygens (including phenoxy) is 2. The van der Waals surface area contributed by atoms with E-state index < -0.39 is 6.17 Å². The number of alkyl halides is 1. The highest BCUT2D eigenvalue weighted by molar-refractivity contribution is 6.05. The summed E-state index contributed by atoms with van der Waals surface area (Å²) in [5.74, 6) is 1.10. The first kappa shape index (κ1) is 30.3. The summed E-state index contributed by atoms with van der Waals surface area (Å²) in [4.78, 5) is 19.3. The monoisotopic (exact) mass is 519 g/mol. The molecule has 202 valence electrons. The largest absolute Gasteiger partial charge is 0.465 e. The van der Waals surface area contributed by atoms with Gasteiger partial charge < -0.3 is 19.7 Å². The molecule has 1 N–H and O–H groups in total. The van der Waals surface area contributed by atoms with Crippen molar-refractivity contribution in [1.82, 2.24) is 4.98 Å². The fourth-order valence-corrected chi connectivity index (χ4v) is 3.27. The van der Waals surface area contributed by atoms with Gasteiger partial charge in [-0.25, -0.2) is 9.37 Å². The number of nitrogens with zero attached hydrogens (tertiary/aromatic N) is 2. The van der Waals surface area contributed by atoms with Gasteiger partial charge in [-0.3, -0.25) is 4.79 Å². The number of anilines is 2. The zero-order valence-electron chi connectivity index (χ0n) is 22.4. The summed E-state index contributed by atoms with van der Waals surface area (Å²) >= 11 is 0. The minimum Gasteiger partial charge on any atom is -0.465 e. The van der Waals surface area contributed by atoms with Crippen molar-refractivity contribution in [3.8, 4) is 5.75 Å². The smallest absolute Gasteiger partial charge is 0.255 e. The first-order valence-corrected chi connectivity index (χ1v) is 12.8. The summed E-state index contributed by atoms with van der Waals surface area (Å²) in [6.45, 7) is 7.44. The quantitative estimate of drug-likeness (QED) is 0.114. The van der Waals surface area contributed by atoms with Gasteiger partial charge in [0.15, 0.2) is 0 Å². The fraction of sp³-hybridized carbons (Fsp3) is 0.290. The zero-order chi connectivity index (χ0) is 27.4. The van der Waals surface area contributed by atoms with E-state index in [1.165, 1.54) is 6.26 Å². The topological polar surface area (TPSA) is 63.7 Å². The van der Waals surface area contributed by atoms with Gasteiger partial charge in [-0.2, -0.15) is 0 Å². The van der Waals surface area contributed by atoms with Crippen LogP contribution < -0.4 is 15.0 Å². The van der Waals surface area contributed by atoms with Crippen LogP contribution >= 0.6 is 0 Å². The molecular formula is C31H38FN3O3. The van der Waals surface area contributed by atoms with Crippen LogP contribution in [-0.2, 0) is 9.53 Å². The standard InChI is InChI=1S/C31H38FN3O3/c1-4-7-9-13-22-37-25-27(32)19-21-35(6-3)30-18-17-28(24-33-30)34-31(36)26(14-8-5-2)20-23-38-29-15-11-10-12-16-29/h4-5,7-18,20,23-24,27H,6,19,21-22,25H2,1-3H3,(H,34,36)/b7-4-,8-5-,13-9-,23-20+,26-14+. The Kier molecular flexibility index (Phi) is 14.6. The van der Waals surface area contributed by atoms with Crippen LogP contribution in [0.5, 0.6) is 5.75 Å². The molecule has 1 atom stereocenters. The second-order valence-electron chi connectivity index (χ2n) is 8.20. The van der Waals surface area contributed by atoms with E-state index in [0.717, 1.165) is 0 Å². The number of nitrogens with one attached hydrogen (secondary N) is 1. The molecule has 0 saturated heterocycles. The van der Waals surface area contributed by atoms with Crippen LogP contribution in [0.4, 0.5) is 15.9 Å². The summed E-state index contributed by atoms with van der Waals surface area (Å²) in [6, 6.07) is 12.9. The van der Waals surface area contributed by atoms with Crippen molar-refractivity contribution in [2.75, 3.05) is 36.5 Å². The average molecular weight is 520 g/mol. The van der Waals surface area contributed by atoms with Crippen LogP contribution in [0, 0.1) is 0 Å². The number of hydrogen-bond donors (Lipinski definition) is 1. The Balaban J connectivity index is 1.90. The van der Waals surface area contributed by atoms with Crippen molar-refractivity contribution in [3.05, 3.63) is 109 Å². The summed E-state index contributed by atoms with van der Waals surface area (Å²) in [5.41, 5.74) is 0.980. The van der Waals surface area contributed by atoms with E-state index in [0.29, 0.717) is 48.9 Å². The summed E-state index contributed by atoms with van der Waals surface area (Å²) in [7, 11) is 0. The summed E-state index contributed by atoms with van der Waals surface area (Å²) in [5, 5.41) is 2.86. The maximum absolute atomic E-state index is 14.3. The highest BCUT2D eigenvalue weighted by Gasteiger charge is 2.12. The lowest BCUT2D eigenvalue weighted by Crippen LogP contribution is -2.28. The molecule has 1 aromatic heterocycles. The minimum atomic E-state index is -1.06. The van der Waals surface area contributed by atoms with E-state index in [1.54, 1.807) is 30.5 Å². The lowest BCUT2D eigenvalue weighted by Gasteiger charge is -2.23. The number of allylic oxidation sites excluding steroid dienone is 6. The third-order valence-corrected chi connectivity index (χ3v) is 5.30. The zero-order valence-corrected chi connectivity index (χ0v) is 22.4. The van der Waals surface area contributed by atoms with Crippen molar-refractivity contribution < 1.29 is 18.7 Å². The predicted octanol–water partition coefficient (Wildman–Crippen LogP) is 6.82. The van der Waals surface area contributed by atoms with Gasteiger partial charge in [0.2, 0.25) is 0 Å². The van der Waals surface area contributed by atoms with Gasteiger partial charge >= 0.3 is 0 Å². The Morgan fingerprint density at radius 2 is 1.89 bits per heavy atom. The van der Waals surface area contributed by atoms with Crippen LogP contribution in [0.25, 0.3) is 0 Å². The number of carbonyl (C=O) groups excluding carboxylic acids is 1. The fourth-order valence-electron chi connectivity index (χ4n) is 3.27. The number of pyridine rings is 1. The second-order valence-corrected chi connectivity index (χ2v) is 8.20. The van der Waals surface area contributed by atoms with Crippen LogP contribution in [-0.4, -0.2) is 43.4 Å². The molecule has 1 unspecified atom stereocenters. The molecule has 0 aliphatic heterocycles. The number of amides is 1. The number of benzene rings is 1. The molecule has 0 fully saturated rings. The van der Waals surface area contributed by atoms with Crippen LogP contribution in [0.3, 0.4) is 0 Å². The molecule has 0 saturated carbocycles. The third-order valence-electron chi connectivity index (χ3n) is 5.30. The number of rotatable bonds is 16. The number of halogens is 1. The summed E-state index contributed by atoms with van der Waals surface area (Å²) in [6.07, 6.45) is 16.8. The van der Waals surface area contributed by atoms with E-state index in [2.05, 4.69) is 10.3 Å². The predicted molar refractivity (Wildman–Crippen MR) is 154 cm³/mol. The van der Waals surface area contributed by atoms with Gasteiger partial charge in [0.05, 0.1) is 31.4 Å². The molecule has 1 heterocycles. The molecule has 0 spiro atoms. The molecule has 1 amide bonds. The number of aromatic nitrogens is 1. The number of hydrogen-bond acceptors (Lipinski definition) is 5. The molecule has 7 heteroatoms. The molecule has 2 aromatic rings. The Bertz CT molecular complexity index is 1090. The number of para-hydroxylation sites is 1. The van der Waals surface area contributed by atoms with Crippen molar-refractivity contribution >= 4 is 17.4 Å². The van der Waals surface area contributed by atoms with Crippen molar-refractivity contribution in [2.45, 2.75) is 33.4 Å². The van der Waals surface area contributed by atoms with Crippen molar-refractivity contribution in [2.24, 2.45) is 0 Å². The molecular weight excluding hydrogens is 481 g/mol. The average Bonchev–Trinajstić information content (AvgIpc) is 2.94. The van der Waals surface area contributed by atoms with Gasteiger partial charge in [-0.15, -0.1) is 0 Å². The normalized spacial score (nSPS) is 13.1. The van der Waals surface area contributed by atoms with E-state index in [9.17, 15) is 9.18 Å². The summed E-state index contributed by atoms with van der Waals surface area (Å²) < 4.78 is 25.2. The molecule has 38 heavy (non-hydrogen) atoms. The van der Waals surface area contributed by atoms with Crippen LogP contribution in [0.1, 0.15) is 27.2 Å². The van der Waals surface area contributed by atoms with Gasteiger partial charge in [-0.1, -0.05) is 54.7 Å². The Morgan fingerprint density at radius 3 is 2.58 bits per heavy atom. The highest BCUT2D eigenvalue weighted by atomic mass is 19.1. The van der Waals surface area contributed by atoms with Crippen LogP contribution in [0.15, 0.2) is 109 Å². The molecule has 2 rings (SSSR count). The van der Waals surface area contributed by atoms with Gasteiger partial charge in [0, 0.05) is 18.7 Å². The molecule has 0 aliphatic carbocycles. The molecule has 6 nitrogen and oxygen atoms in total. The maximum Gasteiger partial charge on any atom is 0.255 e. The first-order chi connectivity index (χ1) is 18.6. The van der Waals surface area contributed by atoms with Gasteiger partial charge in [-0.05, 0) is 63.6 Å². The molecule has 0 aliphatic rings. The third kappa shape index (κ3) is 11.8. The van der Waals surface area contributed by atoms with E-state index >= 15 is 0 Å². The molecule has 1 aromatic carbocycles. The maximum atomic E-state index is 14.3. The van der Waals surface area contributed by atoms with Gasteiger partial charge in [0.25, 0.3) is 5.91 Å². The Morgan fingerprint density at radius 1 is 1.11 bits per heavy atom. The van der Waals surface area contributed by atoms with E-state index in [1.807, 2.05) is 92.4 Å². The molecule has 0 radical (unpaired) electrons. The minimum absolute atomic E-state index is 0.0596. The lowest BCUT2D eigenvalue weighted by molar-refractivity contribution is -0.112. The number of carbonyl (C=O) groups is 1. The lowest BCUT2D eigenvalue weighted by atomic mass is 10.2. The van der Waals surface area contributed by atoms with Gasteiger partial charge in [0.1, 0.15) is 17.7 Å². The van der Waals surface area contributed by atoms with Crippen molar-refractivity contribution in [1.29, 1.82) is 0 Å². The highest BCUT2D eigenvalue weighted by Crippen LogP contribution is 2.17. The SMILES string of the molecule is C/C=C\C=C/COCC(F)CCN(CC)c1ccc(NC(=O)C(/C=C/Oc2ccccc2)=C/C=C\C)cn1.